The van der Waals surface area contributed by atoms with Crippen LogP contribution < -0.4 is 15.5 Å². The first-order chi connectivity index (χ1) is 18.9. The molecule has 1 aliphatic carbocycles. The average Bonchev–Trinajstić information content (AvgIpc) is 3.60. The van der Waals surface area contributed by atoms with Crippen LogP contribution in [0, 0.1) is 18.8 Å². The van der Waals surface area contributed by atoms with E-state index in [4.69, 9.17) is 9.26 Å². The van der Waals surface area contributed by atoms with E-state index >= 15 is 0 Å². The number of hydrogen-bond acceptors (Lipinski definition) is 6. The van der Waals surface area contributed by atoms with Gasteiger partial charge in [-0.2, -0.15) is 0 Å². The minimum atomic E-state index is -1.29. The van der Waals surface area contributed by atoms with E-state index in [1.807, 2.05) is 45.1 Å². The molecule has 2 bridgehead atoms. The zero-order chi connectivity index (χ0) is 28.4. The molecule has 1 spiro atoms. The zero-order valence-electron chi connectivity index (χ0n) is 23.8. The van der Waals surface area contributed by atoms with Crippen molar-refractivity contribution in [2.45, 2.75) is 95.4 Å². The Hall–Kier alpha value is -3.46. The molecule has 2 saturated heterocycles. The summed E-state index contributed by atoms with van der Waals surface area (Å²) in [5, 5.41) is 9.74. The van der Waals surface area contributed by atoms with Crippen molar-refractivity contribution < 1.29 is 23.6 Å². The molecule has 6 rings (SSSR count). The summed E-state index contributed by atoms with van der Waals surface area (Å²) in [5.74, 6) is -1.42. The SMILES string of the molecule is Cc1cc(NC(=O)[C@@H]2[C@H]3C(=O)N(c4ccc(C5CCCCC5)cc4)[C@H](C(=O)NC(C)(C)C)[C@@]34C=C[C@]2(C)O4)no1. The third kappa shape index (κ3) is 4.26. The zero-order valence-corrected chi connectivity index (χ0v) is 23.8. The van der Waals surface area contributed by atoms with Crippen LogP contribution in [-0.2, 0) is 19.1 Å². The van der Waals surface area contributed by atoms with Crippen LogP contribution in [0.4, 0.5) is 11.5 Å². The lowest BCUT2D eigenvalue weighted by Gasteiger charge is -2.35. The van der Waals surface area contributed by atoms with Crippen LogP contribution in [0.3, 0.4) is 0 Å². The first kappa shape index (κ1) is 26.7. The molecule has 0 radical (unpaired) electrons. The largest absolute Gasteiger partial charge is 0.360 e. The van der Waals surface area contributed by atoms with Crippen molar-refractivity contribution in [1.82, 2.24) is 10.5 Å². The number of carbonyl (C=O) groups is 3. The summed E-state index contributed by atoms with van der Waals surface area (Å²) in [4.78, 5) is 43.6. The van der Waals surface area contributed by atoms with Crippen LogP contribution in [0.15, 0.2) is 47.0 Å². The minimum absolute atomic E-state index is 0.273. The number of anilines is 2. The van der Waals surface area contributed by atoms with Crippen LogP contribution in [0.5, 0.6) is 0 Å². The Morgan fingerprint density at radius 3 is 2.38 bits per heavy atom. The van der Waals surface area contributed by atoms with Crippen molar-refractivity contribution in [3.05, 3.63) is 53.8 Å². The van der Waals surface area contributed by atoms with Gasteiger partial charge in [-0.25, -0.2) is 0 Å². The number of aromatic nitrogens is 1. The van der Waals surface area contributed by atoms with Gasteiger partial charge in [0.15, 0.2) is 5.82 Å². The van der Waals surface area contributed by atoms with Crippen molar-refractivity contribution >= 4 is 29.2 Å². The normalized spacial score (nSPS) is 31.5. The van der Waals surface area contributed by atoms with Crippen LogP contribution >= 0.6 is 0 Å². The number of rotatable bonds is 5. The summed E-state index contributed by atoms with van der Waals surface area (Å²) in [6.45, 7) is 9.24. The lowest BCUT2D eigenvalue weighted by molar-refractivity contribution is -0.131. The monoisotopic (exact) mass is 546 g/mol. The van der Waals surface area contributed by atoms with Gasteiger partial charge in [0.25, 0.3) is 0 Å². The lowest BCUT2D eigenvalue weighted by atomic mass is 9.70. The Morgan fingerprint density at radius 2 is 1.75 bits per heavy atom. The first-order valence-corrected chi connectivity index (χ1v) is 14.3. The Labute approximate surface area is 234 Å². The molecular formula is C31H38N4O5. The second-order valence-corrected chi connectivity index (χ2v) is 13.0. The van der Waals surface area contributed by atoms with Crippen LogP contribution in [0.25, 0.3) is 0 Å². The van der Waals surface area contributed by atoms with Crippen LogP contribution in [0.2, 0.25) is 0 Å². The average molecular weight is 547 g/mol. The molecule has 1 aromatic carbocycles. The number of nitrogens with one attached hydrogen (secondary N) is 2. The summed E-state index contributed by atoms with van der Waals surface area (Å²) in [6, 6.07) is 8.67. The third-order valence-electron chi connectivity index (χ3n) is 8.85. The number of nitrogens with zero attached hydrogens (tertiary/aromatic N) is 2. The van der Waals surface area contributed by atoms with Crippen molar-refractivity contribution in [3.63, 3.8) is 0 Å². The molecule has 1 saturated carbocycles. The molecule has 9 nitrogen and oxygen atoms in total. The van der Waals surface area contributed by atoms with Gasteiger partial charge < -0.3 is 19.9 Å². The Kier molecular flexibility index (Phi) is 6.22. The van der Waals surface area contributed by atoms with E-state index in [1.165, 1.54) is 37.7 Å². The predicted octanol–water partition coefficient (Wildman–Crippen LogP) is 4.63. The molecule has 2 aromatic rings. The van der Waals surface area contributed by atoms with E-state index in [0.29, 0.717) is 17.4 Å². The van der Waals surface area contributed by atoms with E-state index in [-0.39, 0.29) is 17.6 Å². The van der Waals surface area contributed by atoms with Crippen molar-refractivity contribution in [2.75, 3.05) is 10.2 Å². The maximum atomic E-state index is 14.4. The van der Waals surface area contributed by atoms with Gasteiger partial charge >= 0.3 is 0 Å². The quantitative estimate of drug-likeness (QED) is 0.529. The number of hydrogen-bond donors (Lipinski definition) is 2. The van der Waals surface area contributed by atoms with Gasteiger partial charge in [0.05, 0.1) is 17.4 Å². The topological polar surface area (TPSA) is 114 Å². The fraction of sp³-hybridized carbons (Fsp3) is 0.548. The van der Waals surface area contributed by atoms with Gasteiger partial charge in [-0.3, -0.25) is 19.3 Å². The highest BCUT2D eigenvalue weighted by molar-refractivity contribution is 6.11. The smallest absolute Gasteiger partial charge is 0.246 e. The van der Waals surface area contributed by atoms with E-state index in [1.54, 1.807) is 24.8 Å². The fourth-order valence-electron chi connectivity index (χ4n) is 7.22. The van der Waals surface area contributed by atoms with Gasteiger partial charge in [0.2, 0.25) is 17.7 Å². The Bertz CT molecular complexity index is 1370. The molecule has 3 amide bonds. The molecule has 3 aliphatic heterocycles. The molecule has 1 aromatic heterocycles. The number of aryl methyl sites for hydroxylation is 1. The van der Waals surface area contributed by atoms with Crippen molar-refractivity contribution in [3.8, 4) is 0 Å². The highest BCUT2D eigenvalue weighted by atomic mass is 16.5. The minimum Gasteiger partial charge on any atom is -0.360 e. The highest BCUT2D eigenvalue weighted by Gasteiger charge is 2.76. The third-order valence-corrected chi connectivity index (χ3v) is 8.85. The van der Waals surface area contributed by atoms with E-state index < -0.39 is 40.5 Å². The molecular weight excluding hydrogens is 508 g/mol. The van der Waals surface area contributed by atoms with E-state index in [2.05, 4.69) is 27.9 Å². The fourth-order valence-corrected chi connectivity index (χ4v) is 7.22. The summed E-state index contributed by atoms with van der Waals surface area (Å²) in [6.07, 6.45) is 9.73. The summed E-state index contributed by atoms with van der Waals surface area (Å²) >= 11 is 0. The van der Waals surface area contributed by atoms with Crippen molar-refractivity contribution in [1.29, 1.82) is 0 Å². The Morgan fingerprint density at radius 1 is 1.05 bits per heavy atom. The lowest BCUT2D eigenvalue weighted by Crippen LogP contribution is -2.58. The van der Waals surface area contributed by atoms with Crippen LogP contribution in [0.1, 0.15) is 77.0 Å². The summed E-state index contributed by atoms with van der Waals surface area (Å²) < 4.78 is 11.7. The van der Waals surface area contributed by atoms with E-state index in [9.17, 15) is 14.4 Å². The first-order valence-electron chi connectivity index (χ1n) is 14.3. The maximum absolute atomic E-state index is 14.4. The summed E-state index contributed by atoms with van der Waals surface area (Å²) in [5.41, 5.74) is -0.990. The number of fused-ring (bicyclic) bond motifs is 1. The maximum Gasteiger partial charge on any atom is 0.246 e. The van der Waals surface area contributed by atoms with Crippen LogP contribution in [-0.4, -0.2) is 45.7 Å². The molecule has 40 heavy (non-hydrogen) atoms. The van der Waals surface area contributed by atoms with Gasteiger partial charge in [-0.05, 0) is 71.1 Å². The molecule has 3 fully saturated rings. The molecule has 2 N–H and O–H groups in total. The Balaban J connectivity index is 1.38. The number of carbonyl (C=O) groups excluding carboxylic acids is 3. The standard InChI is InChI=1S/C31H38N4O5/c1-18-17-22(34-39-18)32-26(36)23-24-28(38)35(21-13-11-20(12-14-21)19-9-7-6-8-10-19)25(27(37)33-29(2,3)4)31(24)16-15-30(23,5)40-31/h11-17,19,23-25H,6-10H2,1-5H3,(H,33,37)(H,32,34,36)/t23-,24-,25+,30-,31+/m0/s1. The molecule has 5 atom stereocenters. The molecule has 4 aliphatic rings. The van der Waals surface area contributed by atoms with Gasteiger partial charge in [-0.1, -0.05) is 48.7 Å². The van der Waals surface area contributed by atoms with Gasteiger partial charge in [0, 0.05) is 17.3 Å². The summed E-state index contributed by atoms with van der Waals surface area (Å²) in [7, 11) is 0. The highest BCUT2D eigenvalue weighted by Crippen LogP contribution is 2.60. The second kappa shape index (κ2) is 9.29. The van der Waals surface area contributed by atoms with Gasteiger partial charge in [-0.15, -0.1) is 0 Å². The second-order valence-electron chi connectivity index (χ2n) is 13.0. The van der Waals surface area contributed by atoms with E-state index in [0.717, 1.165) is 0 Å². The molecule has 212 valence electrons. The number of benzene rings is 1. The number of ether oxygens (including phenoxy) is 1. The molecule has 0 unspecified atom stereocenters. The predicted molar refractivity (Wildman–Crippen MR) is 150 cm³/mol. The van der Waals surface area contributed by atoms with Gasteiger partial charge in [0.1, 0.15) is 17.4 Å². The molecule has 9 heteroatoms. The number of amides is 3. The molecule has 4 heterocycles. The van der Waals surface area contributed by atoms with Crippen molar-refractivity contribution in [2.24, 2.45) is 11.8 Å².